The van der Waals surface area contributed by atoms with Crippen molar-refractivity contribution in [3.05, 3.63) is 50.7 Å². The number of aromatic nitrogens is 1. The molecule has 0 unspecified atom stereocenters. The molecule has 1 heterocycles. The summed E-state index contributed by atoms with van der Waals surface area (Å²) in [5.74, 6) is 0.168. The fourth-order valence-electron chi connectivity index (χ4n) is 2.33. The maximum atomic E-state index is 12.7. The van der Waals surface area contributed by atoms with E-state index < -0.39 is 0 Å². The molecule has 1 aromatic heterocycles. The van der Waals surface area contributed by atoms with Crippen LogP contribution in [0.1, 0.15) is 40.4 Å². The molecule has 23 heavy (non-hydrogen) atoms. The van der Waals surface area contributed by atoms with Gasteiger partial charge in [0.05, 0.1) is 11.1 Å². The molecule has 2 aromatic rings. The molecule has 0 bridgehead atoms. The summed E-state index contributed by atoms with van der Waals surface area (Å²) < 4.78 is 1.04. The average molecular weight is 435 g/mol. The number of carbonyl (C=O) groups excluding carboxylic acids is 1. The number of rotatable bonds is 4. The van der Waals surface area contributed by atoms with Crippen molar-refractivity contribution in [1.82, 2.24) is 4.98 Å². The van der Waals surface area contributed by atoms with Crippen LogP contribution in [0.5, 0.6) is 0 Å². The van der Waals surface area contributed by atoms with E-state index in [2.05, 4.69) is 39.0 Å². The third-order valence-corrected chi connectivity index (χ3v) is 4.99. The quantitative estimate of drug-likeness (QED) is 0.571. The van der Waals surface area contributed by atoms with E-state index in [0.29, 0.717) is 22.1 Å². The first-order valence-electron chi connectivity index (χ1n) is 7.18. The summed E-state index contributed by atoms with van der Waals surface area (Å²) in [7, 11) is 0. The van der Waals surface area contributed by atoms with Gasteiger partial charge in [-0.05, 0) is 66.0 Å². The number of anilines is 1. The predicted octanol–water partition coefficient (Wildman–Crippen LogP) is 4.41. The number of thioether (sulfide) groups is 1. The molecule has 3 rings (SSSR count). The van der Waals surface area contributed by atoms with Gasteiger partial charge >= 0.3 is 0 Å². The molecular formula is C17H14IN3OS. The normalized spacial score (nSPS) is 13.4. The van der Waals surface area contributed by atoms with Crippen LogP contribution in [0.4, 0.5) is 5.69 Å². The monoisotopic (exact) mass is 435 g/mol. The van der Waals surface area contributed by atoms with Crippen molar-refractivity contribution in [2.75, 3.05) is 11.6 Å². The standard InChI is InChI=1S/C17H14IN3OS/c1-23-17-14(9-19)13(8-15(21-17)10-5-6-10)16(22)20-12-4-2-3-11(18)7-12/h2-4,7-8,10H,5-6H2,1H3,(H,20,22). The zero-order valence-electron chi connectivity index (χ0n) is 12.5. The summed E-state index contributed by atoms with van der Waals surface area (Å²) in [5, 5.41) is 13.0. The van der Waals surface area contributed by atoms with Gasteiger partial charge in [0.2, 0.25) is 0 Å². The van der Waals surface area contributed by atoms with E-state index in [1.54, 1.807) is 6.07 Å². The van der Waals surface area contributed by atoms with Gasteiger partial charge in [0, 0.05) is 20.9 Å². The first-order chi connectivity index (χ1) is 11.1. The van der Waals surface area contributed by atoms with Crippen LogP contribution in [0, 0.1) is 14.9 Å². The molecule has 1 fully saturated rings. The third kappa shape index (κ3) is 3.67. The molecule has 1 aliphatic carbocycles. The maximum Gasteiger partial charge on any atom is 0.257 e. The van der Waals surface area contributed by atoms with Gasteiger partial charge in [-0.1, -0.05) is 6.07 Å². The lowest BCUT2D eigenvalue weighted by Crippen LogP contribution is -2.15. The zero-order valence-corrected chi connectivity index (χ0v) is 15.4. The van der Waals surface area contributed by atoms with Gasteiger partial charge in [-0.3, -0.25) is 4.79 Å². The fourth-order valence-corrected chi connectivity index (χ4v) is 3.43. The van der Waals surface area contributed by atoms with Crippen molar-refractivity contribution >= 4 is 45.9 Å². The Balaban J connectivity index is 1.98. The number of amides is 1. The van der Waals surface area contributed by atoms with Crippen molar-refractivity contribution in [3.8, 4) is 6.07 Å². The lowest BCUT2D eigenvalue weighted by molar-refractivity contribution is 0.102. The van der Waals surface area contributed by atoms with E-state index in [9.17, 15) is 10.1 Å². The molecule has 1 aliphatic rings. The minimum atomic E-state index is -0.261. The summed E-state index contributed by atoms with van der Waals surface area (Å²) >= 11 is 3.60. The van der Waals surface area contributed by atoms with Crippen molar-refractivity contribution < 1.29 is 4.79 Å². The summed E-state index contributed by atoms with van der Waals surface area (Å²) in [6.45, 7) is 0. The molecule has 1 amide bonds. The zero-order chi connectivity index (χ0) is 16.4. The van der Waals surface area contributed by atoms with Crippen LogP contribution in [0.25, 0.3) is 0 Å². The fraction of sp³-hybridized carbons (Fsp3) is 0.235. The van der Waals surface area contributed by atoms with Gasteiger partial charge in [-0.15, -0.1) is 11.8 Å². The molecule has 0 aliphatic heterocycles. The highest BCUT2D eigenvalue weighted by Gasteiger charge is 2.28. The molecule has 0 atom stereocenters. The van der Waals surface area contributed by atoms with Crippen molar-refractivity contribution in [2.24, 2.45) is 0 Å². The smallest absolute Gasteiger partial charge is 0.257 e. The summed E-state index contributed by atoms with van der Waals surface area (Å²) in [5.41, 5.74) is 2.40. The minimum absolute atomic E-state index is 0.261. The number of hydrogen-bond donors (Lipinski definition) is 1. The molecule has 1 saturated carbocycles. The molecule has 1 aromatic carbocycles. The van der Waals surface area contributed by atoms with Crippen molar-refractivity contribution in [3.63, 3.8) is 0 Å². The molecule has 0 radical (unpaired) electrons. The third-order valence-electron chi connectivity index (χ3n) is 3.63. The summed E-state index contributed by atoms with van der Waals surface area (Å²) in [4.78, 5) is 17.2. The topological polar surface area (TPSA) is 65.8 Å². The number of halogens is 1. The Hall–Kier alpha value is -1.59. The molecule has 0 spiro atoms. The Morgan fingerprint density at radius 1 is 1.43 bits per heavy atom. The predicted molar refractivity (Wildman–Crippen MR) is 99.8 cm³/mol. The van der Waals surface area contributed by atoms with Gasteiger partial charge in [-0.2, -0.15) is 5.26 Å². The van der Waals surface area contributed by atoms with E-state index >= 15 is 0 Å². The second kappa shape index (κ2) is 6.89. The molecule has 116 valence electrons. The van der Waals surface area contributed by atoms with Gasteiger partial charge < -0.3 is 5.32 Å². The first kappa shape index (κ1) is 16.3. The second-order valence-corrected chi connectivity index (χ2v) is 7.37. The lowest BCUT2D eigenvalue weighted by Gasteiger charge is -2.11. The van der Waals surface area contributed by atoms with Gasteiger partial charge in [0.25, 0.3) is 5.91 Å². The number of carbonyl (C=O) groups is 1. The molecular weight excluding hydrogens is 421 g/mol. The highest BCUT2D eigenvalue weighted by Crippen LogP contribution is 2.40. The average Bonchev–Trinajstić information content (AvgIpc) is 3.38. The first-order valence-corrected chi connectivity index (χ1v) is 9.48. The Morgan fingerprint density at radius 3 is 2.83 bits per heavy atom. The highest BCUT2D eigenvalue weighted by atomic mass is 127. The van der Waals surface area contributed by atoms with Crippen LogP contribution in [0.15, 0.2) is 35.4 Å². The Morgan fingerprint density at radius 2 is 2.22 bits per heavy atom. The Kier molecular flexibility index (Phi) is 4.87. The molecule has 4 nitrogen and oxygen atoms in total. The van der Waals surface area contributed by atoms with Crippen LogP contribution in [0.2, 0.25) is 0 Å². The van der Waals surface area contributed by atoms with Gasteiger partial charge in [0.1, 0.15) is 11.1 Å². The minimum Gasteiger partial charge on any atom is -0.322 e. The lowest BCUT2D eigenvalue weighted by atomic mass is 10.1. The summed E-state index contributed by atoms with van der Waals surface area (Å²) in [6, 6.07) is 11.5. The highest BCUT2D eigenvalue weighted by molar-refractivity contribution is 14.1. The SMILES string of the molecule is CSc1nc(C2CC2)cc(C(=O)Nc2cccc(I)c2)c1C#N. The molecule has 6 heteroatoms. The Bertz CT molecular complexity index is 812. The number of nitrogens with zero attached hydrogens (tertiary/aromatic N) is 2. The van der Waals surface area contributed by atoms with E-state index in [0.717, 1.165) is 27.8 Å². The van der Waals surface area contributed by atoms with Crippen LogP contribution in [0.3, 0.4) is 0 Å². The number of nitriles is 1. The molecule has 0 saturated heterocycles. The van der Waals surface area contributed by atoms with Crippen LogP contribution in [-0.4, -0.2) is 17.1 Å². The number of benzene rings is 1. The number of hydrogen-bond acceptors (Lipinski definition) is 4. The van der Waals surface area contributed by atoms with E-state index in [4.69, 9.17) is 0 Å². The van der Waals surface area contributed by atoms with Gasteiger partial charge in [-0.25, -0.2) is 4.98 Å². The van der Waals surface area contributed by atoms with Crippen molar-refractivity contribution in [1.29, 1.82) is 5.26 Å². The largest absolute Gasteiger partial charge is 0.322 e. The number of pyridine rings is 1. The molecule has 1 N–H and O–H groups in total. The maximum absolute atomic E-state index is 12.7. The van der Waals surface area contributed by atoms with Crippen LogP contribution < -0.4 is 5.32 Å². The summed E-state index contributed by atoms with van der Waals surface area (Å²) in [6.07, 6.45) is 4.08. The van der Waals surface area contributed by atoms with E-state index in [1.807, 2.05) is 30.5 Å². The van der Waals surface area contributed by atoms with Crippen molar-refractivity contribution in [2.45, 2.75) is 23.8 Å². The van der Waals surface area contributed by atoms with Crippen LogP contribution in [-0.2, 0) is 0 Å². The van der Waals surface area contributed by atoms with E-state index in [-0.39, 0.29) is 5.91 Å². The second-order valence-electron chi connectivity index (χ2n) is 5.33. The van der Waals surface area contributed by atoms with E-state index in [1.165, 1.54) is 11.8 Å². The Labute approximate surface area is 152 Å². The van der Waals surface area contributed by atoms with Crippen LogP contribution >= 0.6 is 34.4 Å². The number of nitrogens with one attached hydrogen (secondary N) is 1. The van der Waals surface area contributed by atoms with Gasteiger partial charge in [0.15, 0.2) is 0 Å².